The quantitative estimate of drug-likeness (QED) is 0.879. The van der Waals surface area contributed by atoms with Gasteiger partial charge in [-0.1, -0.05) is 6.07 Å². The van der Waals surface area contributed by atoms with Crippen LogP contribution in [0.15, 0.2) is 18.3 Å². The number of fused-ring (bicyclic) bond motifs is 1. The van der Waals surface area contributed by atoms with Crippen LogP contribution in [0.3, 0.4) is 0 Å². The van der Waals surface area contributed by atoms with Gasteiger partial charge >= 0.3 is 12.1 Å². The Bertz CT molecular complexity index is 727. The molecule has 1 aliphatic rings. The highest BCUT2D eigenvalue weighted by Crippen LogP contribution is 2.36. The van der Waals surface area contributed by atoms with Gasteiger partial charge in [0.25, 0.3) is 0 Å². The van der Waals surface area contributed by atoms with Crippen molar-refractivity contribution in [3.8, 4) is 0 Å². The van der Waals surface area contributed by atoms with Crippen molar-refractivity contribution in [1.82, 2.24) is 9.97 Å². The van der Waals surface area contributed by atoms with Gasteiger partial charge in [0.05, 0.1) is 5.69 Å². The minimum absolute atomic E-state index is 0.116. The third kappa shape index (κ3) is 3.44. The number of aromatic nitrogens is 2. The molecule has 1 amide bonds. The number of nitrogens with zero attached hydrogens (tertiary/aromatic N) is 2. The first kappa shape index (κ1) is 15.7. The van der Waals surface area contributed by atoms with Crippen LogP contribution in [-0.2, 0) is 17.6 Å². The lowest BCUT2D eigenvalue weighted by Gasteiger charge is -2.21. The fourth-order valence-electron chi connectivity index (χ4n) is 2.59. The number of rotatable bonds is 2. The normalized spacial score (nSPS) is 17.6. The maximum Gasteiger partial charge on any atom is 0.471 e. The Kier molecular flexibility index (Phi) is 3.97. The number of carbonyl (C=O) groups excluding carboxylic acids is 1. The predicted octanol–water partition coefficient (Wildman–Crippen LogP) is 2.89. The maximum atomic E-state index is 12.2. The molecule has 5 nitrogen and oxygen atoms in total. The third-order valence-corrected chi connectivity index (χ3v) is 4.66. The highest BCUT2D eigenvalue weighted by Gasteiger charge is 2.38. The zero-order chi connectivity index (χ0) is 16.6. The van der Waals surface area contributed by atoms with E-state index in [-0.39, 0.29) is 11.7 Å². The maximum absolute atomic E-state index is 12.2. The SMILES string of the molecule is Nc1nc2c(s1)CC(c1ccc(NC(=O)C(F)(F)F)nc1)CC2. The molecule has 0 saturated carbocycles. The number of aryl methyl sites for hydroxylation is 1. The molecule has 3 N–H and O–H groups in total. The largest absolute Gasteiger partial charge is 0.471 e. The fourth-order valence-corrected chi connectivity index (χ4v) is 3.55. The fraction of sp³-hybridized carbons (Fsp3) is 0.357. The number of hydrogen-bond donors (Lipinski definition) is 2. The summed E-state index contributed by atoms with van der Waals surface area (Å²) in [6.07, 6.45) is -0.926. The summed E-state index contributed by atoms with van der Waals surface area (Å²) >= 11 is 1.47. The molecular formula is C14H13F3N4OS. The van der Waals surface area contributed by atoms with E-state index in [4.69, 9.17) is 5.73 Å². The van der Waals surface area contributed by atoms with Crippen molar-refractivity contribution in [3.05, 3.63) is 34.5 Å². The first-order valence-corrected chi connectivity index (χ1v) is 7.73. The van der Waals surface area contributed by atoms with E-state index >= 15 is 0 Å². The number of halogens is 3. The summed E-state index contributed by atoms with van der Waals surface area (Å²) in [6.45, 7) is 0. The lowest BCUT2D eigenvalue weighted by atomic mass is 9.86. The molecule has 2 heterocycles. The van der Waals surface area contributed by atoms with Gasteiger partial charge in [-0.3, -0.25) is 4.79 Å². The van der Waals surface area contributed by atoms with Crippen LogP contribution in [0.5, 0.6) is 0 Å². The van der Waals surface area contributed by atoms with Crippen molar-refractivity contribution in [2.75, 3.05) is 11.1 Å². The summed E-state index contributed by atoms with van der Waals surface area (Å²) in [7, 11) is 0. The zero-order valence-corrected chi connectivity index (χ0v) is 12.7. The van der Waals surface area contributed by atoms with Crippen LogP contribution in [-0.4, -0.2) is 22.1 Å². The van der Waals surface area contributed by atoms with Crippen molar-refractivity contribution in [2.24, 2.45) is 0 Å². The lowest BCUT2D eigenvalue weighted by molar-refractivity contribution is -0.167. The molecule has 0 fully saturated rings. The number of nitrogen functional groups attached to an aromatic ring is 1. The number of anilines is 2. The standard InChI is InChI=1S/C14H13F3N4OS/c15-14(16,17)12(22)21-11-4-2-8(6-19-11)7-1-3-9-10(5-7)23-13(18)20-9/h2,4,6-7H,1,3,5H2,(H2,18,20)(H,19,21,22). The number of nitrogens with one attached hydrogen (secondary N) is 1. The van der Waals surface area contributed by atoms with Crippen molar-refractivity contribution < 1.29 is 18.0 Å². The zero-order valence-electron chi connectivity index (χ0n) is 11.9. The number of thiazole rings is 1. The highest BCUT2D eigenvalue weighted by atomic mass is 32.1. The Morgan fingerprint density at radius 3 is 2.83 bits per heavy atom. The summed E-state index contributed by atoms with van der Waals surface area (Å²) in [6, 6.07) is 3.08. The van der Waals surface area contributed by atoms with E-state index in [1.165, 1.54) is 23.6 Å². The second-order valence-corrected chi connectivity index (χ2v) is 6.41. The number of alkyl halides is 3. The van der Waals surface area contributed by atoms with Crippen molar-refractivity contribution >= 4 is 28.2 Å². The Balaban J connectivity index is 1.70. The smallest absolute Gasteiger partial charge is 0.375 e. The molecule has 2 aromatic heterocycles. The Hall–Kier alpha value is -2.16. The van der Waals surface area contributed by atoms with Crippen LogP contribution in [0.4, 0.5) is 24.1 Å². The molecule has 1 unspecified atom stereocenters. The van der Waals surface area contributed by atoms with E-state index in [9.17, 15) is 18.0 Å². The topological polar surface area (TPSA) is 80.9 Å². The van der Waals surface area contributed by atoms with Crippen LogP contribution < -0.4 is 11.1 Å². The summed E-state index contributed by atoms with van der Waals surface area (Å²) in [5.41, 5.74) is 7.66. The van der Waals surface area contributed by atoms with Crippen LogP contribution in [0.25, 0.3) is 0 Å². The second-order valence-electron chi connectivity index (χ2n) is 5.29. The van der Waals surface area contributed by atoms with Gasteiger partial charge in [0.1, 0.15) is 5.82 Å². The first-order valence-electron chi connectivity index (χ1n) is 6.91. The minimum Gasteiger partial charge on any atom is -0.375 e. The third-order valence-electron chi connectivity index (χ3n) is 3.71. The van der Waals surface area contributed by atoms with Gasteiger partial charge in [-0.05, 0) is 36.8 Å². The average molecular weight is 342 g/mol. The number of pyridine rings is 1. The molecule has 2 aromatic rings. The van der Waals surface area contributed by atoms with Crippen LogP contribution in [0, 0.1) is 0 Å². The van der Waals surface area contributed by atoms with Gasteiger partial charge in [0, 0.05) is 11.1 Å². The Labute approximate surface area is 133 Å². The van der Waals surface area contributed by atoms with E-state index in [2.05, 4.69) is 9.97 Å². The van der Waals surface area contributed by atoms with E-state index < -0.39 is 12.1 Å². The van der Waals surface area contributed by atoms with Gasteiger partial charge in [0.15, 0.2) is 5.13 Å². The van der Waals surface area contributed by atoms with Gasteiger partial charge in [-0.25, -0.2) is 9.97 Å². The van der Waals surface area contributed by atoms with Gasteiger partial charge in [-0.15, -0.1) is 11.3 Å². The molecular weight excluding hydrogens is 329 g/mol. The number of amides is 1. The van der Waals surface area contributed by atoms with Gasteiger partial charge in [-0.2, -0.15) is 13.2 Å². The van der Waals surface area contributed by atoms with E-state index in [1.54, 1.807) is 11.4 Å². The molecule has 0 spiro atoms. The molecule has 1 atom stereocenters. The van der Waals surface area contributed by atoms with E-state index in [0.29, 0.717) is 5.13 Å². The summed E-state index contributed by atoms with van der Waals surface area (Å²) in [5.74, 6) is -1.92. The number of nitrogens with two attached hydrogens (primary N) is 1. The summed E-state index contributed by atoms with van der Waals surface area (Å²) < 4.78 is 36.6. The molecule has 0 aromatic carbocycles. The van der Waals surface area contributed by atoms with Crippen molar-refractivity contribution in [1.29, 1.82) is 0 Å². The first-order chi connectivity index (χ1) is 10.8. The highest BCUT2D eigenvalue weighted by molar-refractivity contribution is 7.15. The molecule has 1 aliphatic carbocycles. The van der Waals surface area contributed by atoms with Crippen LogP contribution >= 0.6 is 11.3 Å². The molecule has 23 heavy (non-hydrogen) atoms. The second kappa shape index (κ2) is 5.80. The molecule has 3 rings (SSSR count). The summed E-state index contributed by atoms with van der Waals surface area (Å²) in [5, 5.41) is 2.29. The summed E-state index contributed by atoms with van der Waals surface area (Å²) in [4.78, 5) is 20.2. The van der Waals surface area contributed by atoms with E-state index in [1.807, 2.05) is 0 Å². The predicted molar refractivity (Wildman–Crippen MR) is 80.2 cm³/mol. The van der Waals surface area contributed by atoms with Crippen molar-refractivity contribution in [3.63, 3.8) is 0 Å². The molecule has 0 bridgehead atoms. The Morgan fingerprint density at radius 2 is 2.17 bits per heavy atom. The Morgan fingerprint density at radius 1 is 1.39 bits per heavy atom. The molecule has 9 heteroatoms. The van der Waals surface area contributed by atoms with Crippen LogP contribution in [0.2, 0.25) is 0 Å². The molecule has 0 aliphatic heterocycles. The number of carbonyl (C=O) groups is 1. The minimum atomic E-state index is -4.92. The molecule has 0 radical (unpaired) electrons. The average Bonchev–Trinajstić information content (AvgIpc) is 2.86. The van der Waals surface area contributed by atoms with Crippen LogP contribution in [0.1, 0.15) is 28.5 Å². The monoisotopic (exact) mass is 342 g/mol. The molecule has 0 saturated heterocycles. The molecule has 122 valence electrons. The lowest BCUT2D eigenvalue weighted by Crippen LogP contribution is -2.30. The van der Waals surface area contributed by atoms with Gasteiger partial charge < -0.3 is 11.1 Å². The van der Waals surface area contributed by atoms with Crippen molar-refractivity contribution in [2.45, 2.75) is 31.4 Å². The number of hydrogen-bond acceptors (Lipinski definition) is 5. The van der Waals surface area contributed by atoms with Gasteiger partial charge in [0.2, 0.25) is 0 Å². The van der Waals surface area contributed by atoms with E-state index in [0.717, 1.165) is 35.4 Å².